The van der Waals surface area contributed by atoms with Crippen molar-refractivity contribution in [3.8, 4) is 5.75 Å². The molecule has 1 aliphatic carbocycles. The van der Waals surface area contributed by atoms with Crippen LogP contribution in [0.4, 0.5) is 0 Å². The van der Waals surface area contributed by atoms with Gasteiger partial charge < -0.3 is 29.4 Å². The third-order valence-corrected chi connectivity index (χ3v) is 7.04. The van der Waals surface area contributed by atoms with Crippen molar-refractivity contribution in [2.75, 3.05) is 27.4 Å². The van der Waals surface area contributed by atoms with E-state index in [0.29, 0.717) is 6.29 Å². The highest BCUT2D eigenvalue weighted by molar-refractivity contribution is 8.09. The van der Waals surface area contributed by atoms with Gasteiger partial charge in [0.05, 0.1) is 30.6 Å². The molecular weight excluding hydrogens is 446 g/mol. The SMILES string of the molecule is CCOC.CCOC(=O)C1C(=O)CC(C)(O)C(C=O)C1C1NC=C(c2ccc(OC)cc2)S1. The number of benzene rings is 1. The standard InChI is InChI=1S/C21H25NO6S.C3H8O/c1-4-28-20(25)18-15(24)9-21(2,26)14(11-23)17(18)19-22-10-16(29-19)12-5-7-13(27-3)8-6-12;1-3-4-2/h5-8,10-11,14,17-19,22,26H,4,9H2,1-3H3;3H2,1-2H3. The summed E-state index contributed by atoms with van der Waals surface area (Å²) in [4.78, 5) is 38.1. The van der Waals surface area contributed by atoms with Crippen molar-refractivity contribution in [3.63, 3.8) is 0 Å². The highest BCUT2D eigenvalue weighted by Gasteiger charge is 2.56. The molecule has 2 N–H and O–H groups in total. The Kier molecular flexibility index (Phi) is 9.94. The second-order valence-electron chi connectivity index (χ2n) is 7.99. The Labute approximate surface area is 199 Å². The van der Waals surface area contributed by atoms with E-state index < -0.39 is 40.5 Å². The summed E-state index contributed by atoms with van der Waals surface area (Å²) in [6.45, 7) is 6.05. The van der Waals surface area contributed by atoms with E-state index in [9.17, 15) is 19.5 Å². The van der Waals surface area contributed by atoms with Gasteiger partial charge in [0.15, 0.2) is 0 Å². The van der Waals surface area contributed by atoms with E-state index in [1.54, 1.807) is 27.3 Å². The van der Waals surface area contributed by atoms with Gasteiger partial charge in [-0.2, -0.15) is 0 Å². The van der Waals surface area contributed by atoms with Crippen LogP contribution in [0.25, 0.3) is 4.91 Å². The molecule has 5 atom stereocenters. The zero-order chi connectivity index (χ0) is 24.6. The summed E-state index contributed by atoms with van der Waals surface area (Å²) in [5.74, 6) is -3.04. The van der Waals surface area contributed by atoms with Gasteiger partial charge in [-0.05, 0) is 38.5 Å². The molecule has 1 aliphatic heterocycles. The summed E-state index contributed by atoms with van der Waals surface area (Å²) in [5.41, 5.74) is -0.576. The fourth-order valence-electron chi connectivity index (χ4n) is 4.00. The summed E-state index contributed by atoms with van der Waals surface area (Å²) in [7, 11) is 3.28. The second-order valence-corrected chi connectivity index (χ2v) is 9.17. The van der Waals surface area contributed by atoms with Crippen LogP contribution in [-0.2, 0) is 23.9 Å². The van der Waals surface area contributed by atoms with Gasteiger partial charge in [-0.3, -0.25) is 9.59 Å². The number of ether oxygens (including phenoxy) is 3. The zero-order valence-electron chi connectivity index (χ0n) is 19.7. The van der Waals surface area contributed by atoms with E-state index >= 15 is 0 Å². The highest BCUT2D eigenvalue weighted by atomic mass is 32.2. The van der Waals surface area contributed by atoms with Crippen molar-refractivity contribution >= 4 is 34.7 Å². The Morgan fingerprint density at radius 2 is 1.88 bits per heavy atom. The maximum Gasteiger partial charge on any atom is 0.316 e. The van der Waals surface area contributed by atoms with Gasteiger partial charge in [-0.1, -0.05) is 23.9 Å². The molecule has 0 saturated heterocycles. The molecular formula is C24H33NO7S. The predicted molar refractivity (Wildman–Crippen MR) is 126 cm³/mol. The number of Topliss-reactive ketones (excluding diaryl/α,β-unsaturated/α-hetero) is 1. The van der Waals surface area contributed by atoms with E-state index in [4.69, 9.17) is 9.47 Å². The topological polar surface area (TPSA) is 111 Å². The number of aldehydes is 1. The summed E-state index contributed by atoms with van der Waals surface area (Å²) in [6, 6.07) is 7.50. The first-order valence-corrected chi connectivity index (χ1v) is 11.7. The van der Waals surface area contributed by atoms with Gasteiger partial charge in [0.1, 0.15) is 23.7 Å². The number of hydrogen-bond acceptors (Lipinski definition) is 9. The molecule has 1 fully saturated rings. The molecule has 0 aromatic heterocycles. The lowest BCUT2D eigenvalue weighted by atomic mass is 9.64. The van der Waals surface area contributed by atoms with E-state index in [2.05, 4.69) is 10.1 Å². The number of methoxy groups -OCH3 is 2. The van der Waals surface area contributed by atoms with Crippen LogP contribution in [0.2, 0.25) is 0 Å². The number of rotatable bonds is 7. The van der Waals surface area contributed by atoms with Crippen molar-refractivity contribution in [2.45, 2.75) is 38.2 Å². The van der Waals surface area contributed by atoms with Crippen molar-refractivity contribution in [1.82, 2.24) is 5.32 Å². The van der Waals surface area contributed by atoms with E-state index in [-0.39, 0.29) is 13.0 Å². The first-order chi connectivity index (χ1) is 15.7. The number of hydrogen-bond donors (Lipinski definition) is 2. The molecule has 8 nitrogen and oxygen atoms in total. The van der Waals surface area contributed by atoms with E-state index in [1.165, 1.54) is 18.7 Å². The average Bonchev–Trinajstić information content (AvgIpc) is 3.28. The van der Waals surface area contributed by atoms with Crippen LogP contribution in [-0.4, -0.2) is 61.6 Å². The van der Waals surface area contributed by atoms with Crippen LogP contribution in [0, 0.1) is 17.8 Å². The first kappa shape index (κ1) is 26.9. The van der Waals surface area contributed by atoms with Gasteiger partial charge >= 0.3 is 5.97 Å². The molecule has 0 radical (unpaired) electrons. The number of carbonyl (C=O) groups excluding carboxylic acids is 3. The highest BCUT2D eigenvalue weighted by Crippen LogP contribution is 2.47. The van der Waals surface area contributed by atoms with Gasteiger partial charge in [0.2, 0.25) is 0 Å². The smallest absolute Gasteiger partial charge is 0.316 e. The molecule has 3 rings (SSSR count). The third kappa shape index (κ3) is 6.37. The lowest BCUT2D eigenvalue weighted by Gasteiger charge is -2.44. The molecule has 1 aromatic carbocycles. The molecule has 1 heterocycles. The molecule has 33 heavy (non-hydrogen) atoms. The Morgan fingerprint density at radius 3 is 2.39 bits per heavy atom. The number of esters is 1. The van der Waals surface area contributed by atoms with E-state index in [0.717, 1.165) is 22.8 Å². The van der Waals surface area contributed by atoms with Gasteiger partial charge in [-0.15, -0.1) is 0 Å². The molecule has 5 unspecified atom stereocenters. The fraction of sp³-hybridized carbons (Fsp3) is 0.542. The maximum absolute atomic E-state index is 12.7. The van der Waals surface area contributed by atoms with Crippen LogP contribution >= 0.6 is 11.8 Å². The van der Waals surface area contributed by atoms with Crippen LogP contribution in [0.3, 0.4) is 0 Å². The van der Waals surface area contributed by atoms with Crippen molar-refractivity contribution in [2.24, 2.45) is 17.8 Å². The molecule has 0 spiro atoms. The fourth-order valence-corrected chi connectivity index (χ4v) is 5.30. The predicted octanol–water partition coefficient (Wildman–Crippen LogP) is 2.64. The van der Waals surface area contributed by atoms with E-state index in [1.807, 2.05) is 31.2 Å². The summed E-state index contributed by atoms with van der Waals surface area (Å²) in [6.07, 6.45) is 2.19. The second kappa shape index (κ2) is 12.2. The maximum atomic E-state index is 12.7. The summed E-state index contributed by atoms with van der Waals surface area (Å²) in [5, 5.41) is 13.5. The minimum absolute atomic E-state index is 0.137. The molecule has 9 heteroatoms. The minimum atomic E-state index is -1.52. The monoisotopic (exact) mass is 479 g/mol. The van der Waals surface area contributed by atoms with Crippen LogP contribution in [0.15, 0.2) is 30.5 Å². The largest absolute Gasteiger partial charge is 0.497 e. The molecule has 1 aromatic rings. The molecule has 2 aliphatic rings. The molecule has 0 bridgehead atoms. The van der Waals surface area contributed by atoms with Crippen LogP contribution in [0.5, 0.6) is 5.75 Å². The number of thioether (sulfide) groups is 1. The summed E-state index contributed by atoms with van der Waals surface area (Å²) >= 11 is 1.42. The number of aliphatic hydroxyl groups is 1. The Bertz CT molecular complexity index is 851. The Morgan fingerprint density at radius 1 is 1.24 bits per heavy atom. The van der Waals surface area contributed by atoms with Crippen LogP contribution in [0.1, 0.15) is 32.8 Å². The van der Waals surface area contributed by atoms with Crippen LogP contribution < -0.4 is 10.1 Å². The minimum Gasteiger partial charge on any atom is -0.497 e. The number of carbonyl (C=O) groups is 3. The van der Waals surface area contributed by atoms with Crippen molar-refractivity contribution in [3.05, 3.63) is 36.0 Å². The molecule has 1 saturated carbocycles. The van der Waals surface area contributed by atoms with Crippen molar-refractivity contribution in [1.29, 1.82) is 0 Å². The van der Waals surface area contributed by atoms with Gasteiger partial charge in [-0.25, -0.2) is 0 Å². The Balaban J connectivity index is 0.000000890. The third-order valence-electron chi connectivity index (χ3n) is 5.73. The zero-order valence-corrected chi connectivity index (χ0v) is 20.5. The van der Waals surface area contributed by atoms with Crippen molar-refractivity contribution < 1.29 is 33.7 Å². The Hall–Kier alpha value is -2.36. The number of nitrogens with one attached hydrogen (secondary N) is 1. The number of ketones is 1. The normalized spacial score (nSPS) is 28.7. The summed E-state index contributed by atoms with van der Waals surface area (Å²) < 4.78 is 14.8. The van der Waals surface area contributed by atoms with Gasteiger partial charge in [0, 0.05) is 37.2 Å². The molecule has 0 amide bonds. The average molecular weight is 480 g/mol. The van der Waals surface area contributed by atoms with Gasteiger partial charge in [0.25, 0.3) is 0 Å². The lowest BCUT2D eigenvalue weighted by Crippen LogP contribution is -2.58. The first-order valence-electron chi connectivity index (χ1n) is 10.9. The lowest BCUT2D eigenvalue weighted by molar-refractivity contribution is -0.165. The molecule has 182 valence electrons. The quantitative estimate of drug-likeness (QED) is 0.346.